The van der Waals surface area contributed by atoms with E-state index in [2.05, 4.69) is 5.32 Å². The van der Waals surface area contributed by atoms with Crippen molar-refractivity contribution >= 4 is 11.6 Å². The summed E-state index contributed by atoms with van der Waals surface area (Å²) in [5.74, 6) is -0.282. The Bertz CT molecular complexity index is 313. The van der Waals surface area contributed by atoms with Crippen LogP contribution in [0.3, 0.4) is 0 Å². The number of rotatable bonds is 6. The van der Waals surface area contributed by atoms with Crippen molar-refractivity contribution in [1.29, 1.82) is 0 Å². The Morgan fingerprint density at radius 3 is 2.81 bits per heavy atom. The molecule has 2 nitrogen and oxygen atoms in total. The zero-order valence-corrected chi connectivity index (χ0v) is 10.1. The summed E-state index contributed by atoms with van der Waals surface area (Å²) in [6.45, 7) is 2.76. The van der Waals surface area contributed by atoms with Crippen LogP contribution in [-0.4, -0.2) is 18.3 Å². The predicted molar refractivity (Wildman–Crippen MR) is 64.1 cm³/mol. The third kappa shape index (κ3) is 3.44. The highest BCUT2D eigenvalue weighted by Gasteiger charge is 2.16. The molecule has 0 heterocycles. The van der Waals surface area contributed by atoms with Crippen molar-refractivity contribution in [2.45, 2.75) is 25.8 Å². The molecule has 16 heavy (non-hydrogen) atoms. The van der Waals surface area contributed by atoms with Crippen molar-refractivity contribution in [2.24, 2.45) is 0 Å². The van der Waals surface area contributed by atoms with Gasteiger partial charge in [0.15, 0.2) is 0 Å². The van der Waals surface area contributed by atoms with Gasteiger partial charge in [0, 0.05) is 23.2 Å². The smallest absolute Gasteiger partial charge is 0.129 e. The second-order valence-electron chi connectivity index (χ2n) is 3.63. The van der Waals surface area contributed by atoms with Crippen LogP contribution in [0.5, 0.6) is 0 Å². The average Bonchev–Trinajstić information content (AvgIpc) is 2.26. The third-order valence-corrected chi connectivity index (χ3v) is 2.81. The van der Waals surface area contributed by atoms with Gasteiger partial charge >= 0.3 is 0 Å². The molecule has 0 saturated heterocycles. The largest absolute Gasteiger partial charge is 0.396 e. The van der Waals surface area contributed by atoms with Gasteiger partial charge in [-0.05, 0) is 31.5 Å². The van der Waals surface area contributed by atoms with Gasteiger partial charge in [-0.25, -0.2) is 4.39 Å². The summed E-state index contributed by atoms with van der Waals surface area (Å²) in [6, 6.07) is 4.61. The molecule has 0 aliphatic heterocycles. The maximum atomic E-state index is 13.6. The van der Waals surface area contributed by atoms with Crippen LogP contribution in [0.1, 0.15) is 31.4 Å². The fraction of sp³-hybridized carbons (Fsp3) is 0.500. The predicted octanol–water partition coefficient (Wildman–Crippen LogP) is 2.90. The van der Waals surface area contributed by atoms with E-state index in [1.165, 1.54) is 6.07 Å². The first-order chi connectivity index (χ1) is 7.70. The molecule has 1 aromatic carbocycles. The third-order valence-electron chi connectivity index (χ3n) is 2.48. The van der Waals surface area contributed by atoms with E-state index in [0.717, 1.165) is 6.42 Å². The highest BCUT2D eigenvalue weighted by molar-refractivity contribution is 6.31. The molecule has 0 amide bonds. The fourth-order valence-corrected chi connectivity index (χ4v) is 1.94. The lowest BCUT2D eigenvalue weighted by atomic mass is 10.0. The lowest BCUT2D eigenvalue weighted by molar-refractivity contribution is 0.282. The summed E-state index contributed by atoms with van der Waals surface area (Å²) >= 11 is 5.99. The van der Waals surface area contributed by atoms with Crippen molar-refractivity contribution in [2.75, 3.05) is 13.2 Å². The molecule has 0 aliphatic rings. The van der Waals surface area contributed by atoms with Gasteiger partial charge in [0.05, 0.1) is 0 Å². The van der Waals surface area contributed by atoms with E-state index in [0.29, 0.717) is 23.6 Å². The Labute approximate surface area is 100 Å². The van der Waals surface area contributed by atoms with Gasteiger partial charge in [-0.15, -0.1) is 0 Å². The van der Waals surface area contributed by atoms with Crippen LogP contribution in [0.2, 0.25) is 5.02 Å². The molecule has 0 aromatic heterocycles. The molecule has 4 heteroatoms. The zero-order chi connectivity index (χ0) is 12.0. The van der Waals surface area contributed by atoms with Crippen LogP contribution in [0.25, 0.3) is 0 Å². The van der Waals surface area contributed by atoms with Crippen molar-refractivity contribution < 1.29 is 9.50 Å². The number of benzene rings is 1. The van der Waals surface area contributed by atoms with Gasteiger partial charge in [0.1, 0.15) is 5.82 Å². The first-order valence-corrected chi connectivity index (χ1v) is 5.86. The molecule has 0 radical (unpaired) electrons. The van der Waals surface area contributed by atoms with Gasteiger partial charge < -0.3 is 10.4 Å². The molecule has 0 fully saturated rings. The molecule has 2 N–H and O–H groups in total. The SMILES string of the molecule is CCC(NCCCO)c1c(F)cccc1Cl. The first kappa shape index (κ1) is 13.4. The van der Waals surface area contributed by atoms with Crippen LogP contribution in [0.15, 0.2) is 18.2 Å². The summed E-state index contributed by atoms with van der Waals surface area (Å²) in [7, 11) is 0. The molecular formula is C12H17ClFNO. The van der Waals surface area contributed by atoms with E-state index < -0.39 is 0 Å². The van der Waals surface area contributed by atoms with Crippen LogP contribution in [-0.2, 0) is 0 Å². The normalized spacial score (nSPS) is 12.8. The number of hydrogen-bond acceptors (Lipinski definition) is 2. The molecule has 90 valence electrons. The molecule has 0 bridgehead atoms. The molecule has 1 rings (SSSR count). The average molecular weight is 246 g/mol. The lowest BCUT2D eigenvalue weighted by Crippen LogP contribution is -2.23. The van der Waals surface area contributed by atoms with Crippen molar-refractivity contribution in [3.8, 4) is 0 Å². The molecule has 0 saturated carbocycles. The quantitative estimate of drug-likeness (QED) is 0.756. The Hall–Kier alpha value is -0.640. The summed E-state index contributed by atoms with van der Waals surface area (Å²) in [4.78, 5) is 0. The van der Waals surface area contributed by atoms with Gasteiger partial charge in [-0.3, -0.25) is 0 Å². The van der Waals surface area contributed by atoms with Crippen LogP contribution in [0.4, 0.5) is 4.39 Å². The van der Waals surface area contributed by atoms with Crippen molar-refractivity contribution in [3.63, 3.8) is 0 Å². The number of halogens is 2. The van der Waals surface area contributed by atoms with Crippen molar-refractivity contribution in [1.82, 2.24) is 5.32 Å². The summed E-state index contributed by atoms with van der Waals surface area (Å²) < 4.78 is 13.6. The maximum Gasteiger partial charge on any atom is 0.129 e. The molecule has 1 atom stereocenters. The highest BCUT2D eigenvalue weighted by Crippen LogP contribution is 2.27. The van der Waals surface area contributed by atoms with Gasteiger partial charge in [-0.2, -0.15) is 0 Å². The van der Waals surface area contributed by atoms with E-state index in [9.17, 15) is 4.39 Å². The van der Waals surface area contributed by atoms with Crippen LogP contribution < -0.4 is 5.32 Å². The van der Waals surface area contributed by atoms with Crippen LogP contribution >= 0.6 is 11.6 Å². The number of aliphatic hydroxyl groups is 1. The standard InChI is InChI=1S/C12H17ClFNO/c1-2-11(15-7-4-8-16)12-9(13)5-3-6-10(12)14/h3,5-6,11,15-16H,2,4,7-8H2,1H3. The molecule has 1 aromatic rings. The van der Waals surface area contributed by atoms with Crippen molar-refractivity contribution in [3.05, 3.63) is 34.6 Å². The summed E-state index contributed by atoms with van der Waals surface area (Å²) in [5.41, 5.74) is 0.518. The van der Waals surface area contributed by atoms with Gasteiger partial charge in [0.2, 0.25) is 0 Å². The number of nitrogens with one attached hydrogen (secondary N) is 1. The minimum Gasteiger partial charge on any atom is -0.396 e. The highest BCUT2D eigenvalue weighted by atomic mass is 35.5. The van der Waals surface area contributed by atoms with Crippen LogP contribution in [0, 0.1) is 5.82 Å². The Balaban J connectivity index is 2.78. The second kappa shape index (κ2) is 6.84. The van der Waals surface area contributed by atoms with E-state index in [1.54, 1.807) is 12.1 Å². The Morgan fingerprint density at radius 2 is 2.25 bits per heavy atom. The number of aliphatic hydroxyl groups excluding tert-OH is 1. The molecule has 0 aliphatic carbocycles. The minimum atomic E-state index is -0.282. The maximum absolute atomic E-state index is 13.6. The monoisotopic (exact) mass is 245 g/mol. The molecular weight excluding hydrogens is 229 g/mol. The molecule has 1 unspecified atom stereocenters. The van der Waals surface area contributed by atoms with E-state index in [4.69, 9.17) is 16.7 Å². The van der Waals surface area contributed by atoms with E-state index in [1.807, 2.05) is 6.92 Å². The molecule has 0 spiro atoms. The summed E-state index contributed by atoms with van der Waals surface area (Å²) in [5, 5.41) is 12.3. The van der Waals surface area contributed by atoms with Gasteiger partial charge in [-0.1, -0.05) is 24.6 Å². The summed E-state index contributed by atoms with van der Waals surface area (Å²) in [6.07, 6.45) is 1.41. The fourth-order valence-electron chi connectivity index (χ4n) is 1.65. The second-order valence-corrected chi connectivity index (χ2v) is 4.03. The first-order valence-electron chi connectivity index (χ1n) is 5.48. The van der Waals surface area contributed by atoms with E-state index >= 15 is 0 Å². The minimum absolute atomic E-state index is 0.0970. The Kier molecular flexibility index (Phi) is 5.74. The Morgan fingerprint density at radius 1 is 1.50 bits per heavy atom. The number of hydrogen-bond donors (Lipinski definition) is 2. The topological polar surface area (TPSA) is 32.3 Å². The van der Waals surface area contributed by atoms with Gasteiger partial charge in [0.25, 0.3) is 0 Å². The lowest BCUT2D eigenvalue weighted by Gasteiger charge is -2.19. The zero-order valence-electron chi connectivity index (χ0n) is 9.34. The van der Waals surface area contributed by atoms with E-state index in [-0.39, 0.29) is 18.5 Å².